The van der Waals surface area contributed by atoms with E-state index in [0.29, 0.717) is 24.0 Å². The average molecular weight is 476 g/mol. The molecule has 1 atom stereocenters. The van der Waals surface area contributed by atoms with Crippen LogP contribution in [0.3, 0.4) is 0 Å². The van der Waals surface area contributed by atoms with Crippen LogP contribution < -0.4 is 0 Å². The lowest BCUT2D eigenvalue weighted by Gasteiger charge is -2.36. The van der Waals surface area contributed by atoms with Crippen LogP contribution in [-0.2, 0) is 23.0 Å². The van der Waals surface area contributed by atoms with E-state index in [4.69, 9.17) is 23.2 Å². The highest BCUT2D eigenvalue weighted by molar-refractivity contribution is 7.89. The van der Waals surface area contributed by atoms with Gasteiger partial charge in [0, 0.05) is 37.7 Å². The lowest BCUT2D eigenvalue weighted by molar-refractivity contribution is 0.167. The molecule has 0 saturated carbocycles. The van der Waals surface area contributed by atoms with Gasteiger partial charge in [-0.3, -0.25) is 4.90 Å². The SMILES string of the molecule is Cl.O=S(=O)(c1cc(Cl)ccc1Cl)N1CCCC(CN2CCc3ccccc3C2)C1. The number of halogens is 3. The maximum Gasteiger partial charge on any atom is 0.244 e. The number of piperidine rings is 1. The Morgan fingerprint density at radius 2 is 1.79 bits per heavy atom. The molecular weight excluding hydrogens is 451 g/mol. The summed E-state index contributed by atoms with van der Waals surface area (Å²) in [7, 11) is -3.64. The summed E-state index contributed by atoms with van der Waals surface area (Å²) in [6.45, 7) is 3.96. The molecule has 0 amide bonds. The van der Waals surface area contributed by atoms with Gasteiger partial charge in [-0.15, -0.1) is 12.4 Å². The summed E-state index contributed by atoms with van der Waals surface area (Å²) in [5, 5.41) is 0.600. The molecule has 8 heteroatoms. The first-order valence-corrected chi connectivity index (χ1v) is 11.9. The Hall–Kier alpha value is -0.820. The molecule has 0 radical (unpaired) electrons. The zero-order chi connectivity index (χ0) is 19.7. The molecule has 29 heavy (non-hydrogen) atoms. The van der Waals surface area contributed by atoms with Crippen molar-refractivity contribution in [3.63, 3.8) is 0 Å². The molecule has 4 nitrogen and oxygen atoms in total. The zero-order valence-corrected chi connectivity index (χ0v) is 19.2. The van der Waals surface area contributed by atoms with E-state index >= 15 is 0 Å². The van der Waals surface area contributed by atoms with Crippen LogP contribution >= 0.6 is 35.6 Å². The number of rotatable bonds is 4. The minimum absolute atomic E-state index is 0. The van der Waals surface area contributed by atoms with E-state index in [1.807, 2.05) is 0 Å². The maximum atomic E-state index is 13.1. The van der Waals surface area contributed by atoms with E-state index in [1.165, 1.54) is 17.2 Å². The van der Waals surface area contributed by atoms with E-state index in [0.717, 1.165) is 38.9 Å². The predicted molar refractivity (Wildman–Crippen MR) is 121 cm³/mol. The van der Waals surface area contributed by atoms with Crippen LogP contribution in [0, 0.1) is 5.92 Å². The Labute approximate surface area is 189 Å². The van der Waals surface area contributed by atoms with E-state index in [1.54, 1.807) is 16.4 Å². The molecule has 0 bridgehead atoms. The summed E-state index contributed by atoms with van der Waals surface area (Å²) < 4.78 is 27.8. The molecule has 2 aliphatic heterocycles. The van der Waals surface area contributed by atoms with Crippen molar-refractivity contribution in [3.8, 4) is 0 Å². The first kappa shape index (κ1) is 22.9. The standard InChI is InChI=1S/C21H24Cl2N2O2S.ClH/c22-19-7-8-20(23)21(12-19)28(26,27)25-10-3-4-16(14-25)13-24-11-9-17-5-1-2-6-18(17)15-24;/h1-2,5-8,12,16H,3-4,9-11,13-15H2;1H. The molecule has 0 aromatic heterocycles. The summed E-state index contributed by atoms with van der Waals surface area (Å²) in [5.74, 6) is 0.326. The van der Waals surface area contributed by atoms with Gasteiger partial charge >= 0.3 is 0 Å². The molecule has 1 fully saturated rings. The minimum atomic E-state index is -3.64. The fourth-order valence-corrected chi connectivity index (χ4v) is 6.58. The van der Waals surface area contributed by atoms with Gasteiger partial charge < -0.3 is 0 Å². The van der Waals surface area contributed by atoms with Crippen molar-refractivity contribution in [1.29, 1.82) is 0 Å². The quantitative estimate of drug-likeness (QED) is 0.633. The van der Waals surface area contributed by atoms with Crippen LogP contribution in [0.5, 0.6) is 0 Å². The van der Waals surface area contributed by atoms with Gasteiger partial charge in [-0.05, 0) is 54.5 Å². The van der Waals surface area contributed by atoms with Crippen molar-refractivity contribution in [2.24, 2.45) is 5.92 Å². The van der Waals surface area contributed by atoms with Crippen molar-refractivity contribution in [2.75, 3.05) is 26.2 Å². The second-order valence-corrected chi connectivity index (χ2v) is 10.4. The van der Waals surface area contributed by atoms with Crippen molar-refractivity contribution in [3.05, 3.63) is 63.6 Å². The highest BCUT2D eigenvalue weighted by Gasteiger charge is 2.32. The van der Waals surface area contributed by atoms with Crippen LogP contribution in [0.1, 0.15) is 24.0 Å². The predicted octanol–water partition coefficient (Wildman–Crippen LogP) is 4.87. The molecule has 2 heterocycles. The number of hydrogen-bond acceptors (Lipinski definition) is 3. The van der Waals surface area contributed by atoms with Crippen molar-refractivity contribution in [1.82, 2.24) is 9.21 Å². The molecule has 4 rings (SSSR count). The maximum absolute atomic E-state index is 13.1. The molecule has 1 saturated heterocycles. The number of benzene rings is 2. The number of nitrogens with zero attached hydrogens (tertiary/aromatic N) is 2. The van der Waals surface area contributed by atoms with Gasteiger partial charge in [0.05, 0.1) is 5.02 Å². The van der Waals surface area contributed by atoms with Gasteiger partial charge in [-0.2, -0.15) is 4.31 Å². The Kier molecular flexibility index (Phi) is 7.52. The van der Waals surface area contributed by atoms with Crippen LogP contribution in [0.25, 0.3) is 0 Å². The summed E-state index contributed by atoms with van der Waals surface area (Å²) in [5.41, 5.74) is 2.82. The fraction of sp³-hybridized carbons (Fsp3) is 0.429. The van der Waals surface area contributed by atoms with Crippen molar-refractivity contribution >= 4 is 45.6 Å². The molecule has 2 aromatic rings. The topological polar surface area (TPSA) is 40.6 Å². The first-order valence-electron chi connectivity index (χ1n) is 9.68. The van der Waals surface area contributed by atoms with Gasteiger partial charge in [0.1, 0.15) is 4.90 Å². The van der Waals surface area contributed by atoms with E-state index in [2.05, 4.69) is 29.2 Å². The second-order valence-electron chi connectivity index (χ2n) is 7.70. The summed E-state index contributed by atoms with van der Waals surface area (Å²) in [6, 6.07) is 13.2. The van der Waals surface area contributed by atoms with Crippen LogP contribution in [0.15, 0.2) is 47.4 Å². The van der Waals surface area contributed by atoms with Gasteiger partial charge in [0.25, 0.3) is 0 Å². The zero-order valence-electron chi connectivity index (χ0n) is 16.1. The summed E-state index contributed by atoms with van der Waals surface area (Å²) in [4.78, 5) is 2.56. The minimum Gasteiger partial charge on any atom is -0.298 e. The van der Waals surface area contributed by atoms with E-state index in [-0.39, 0.29) is 22.3 Å². The molecular formula is C21H25Cl3N2O2S. The third kappa shape index (κ3) is 5.09. The number of sulfonamides is 1. The smallest absolute Gasteiger partial charge is 0.244 e. The number of fused-ring (bicyclic) bond motifs is 1. The third-order valence-electron chi connectivity index (χ3n) is 5.72. The highest BCUT2D eigenvalue weighted by Crippen LogP contribution is 2.31. The normalized spacial score (nSPS) is 20.7. The van der Waals surface area contributed by atoms with Crippen LogP contribution in [0.4, 0.5) is 0 Å². The van der Waals surface area contributed by atoms with Gasteiger partial charge in [-0.1, -0.05) is 47.5 Å². The Bertz CT molecular complexity index is 968. The average Bonchev–Trinajstić information content (AvgIpc) is 2.70. The third-order valence-corrected chi connectivity index (χ3v) is 8.30. The summed E-state index contributed by atoms with van der Waals surface area (Å²) in [6.07, 6.45) is 2.98. The lowest BCUT2D eigenvalue weighted by Crippen LogP contribution is -2.44. The molecule has 0 spiro atoms. The van der Waals surface area contributed by atoms with E-state index < -0.39 is 10.0 Å². The Balaban J connectivity index is 0.00000240. The molecule has 1 unspecified atom stereocenters. The monoisotopic (exact) mass is 474 g/mol. The molecule has 2 aliphatic rings. The van der Waals surface area contributed by atoms with Crippen LogP contribution in [0.2, 0.25) is 10.0 Å². The van der Waals surface area contributed by atoms with Gasteiger partial charge in [0.2, 0.25) is 10.0 Å². The largest absolute Gasteiger partial charge is 0.298 e. The Morgan fingerprint density at radius 1 is 1.03 bits per heavy atom. The first-order chi connectivity index (χ1) is 13.4. The van der Waals surface area contributed by atoms with Gasteiger partial charge in [0.15, 0.2) is 0 Å². The molecule has 0 aliphatic carbocycles. The van der Waals surface area contributed by atoms with Crippen LogP contribution in [-0.4, -0.2) is 43.8 Å². The second kappa shape index (κ2) is 9.54. The summed E-state index contributed by atoms with van der Waals surface area (Å²) >= 11 is 12.2. The fourth-order valence-electron chi connectivity index (χ4n) is 4.28. The molecule has 0 N–H and O–H groups in total. The Morgan fingerprint density at radius 3 is 2.59 bits per heavy atom. The molecule has 2 aromatic carbocycles. The van der Waals surface area contributed by atoms with E-state index in [9.17, 15) is 8.42 Å². The number of hydrogen-bond donors (Lipinski definition) is 0. The van der Waals surface area contributed by atoms with Crippen molar-refractivity contribution in [2.45, 2.75) is 30.7 Å². The highest BCUT2D eigenvalue weighted by atomic mass is 35.5. The van der Waals surface area contributed by atoms with Crippen molar-refractivity contribution < 1.29 is 8.42 Å². The lowest BCUT2D eigenvalue weighted by atomic mass is 9.95. The molecule has 158 valence electrons. The van der Waals surface area contributed by atoms with Gasteiger partial charge in [-0.25, -0.2) is 8.42 Å².